The van der Waals surface area contributed by atoms with Crippen LogP contribution in [0.15, 0.2) is 42.6 Å². The van der Waals surface area contributed by atoms with Crippen LogP contribution in [0.4, 0.5) is 8.78 Å². The van der Waals surface area contributed by atoms with E-state index in [-0.39, 0.29) is 35.0 Å². The number of hydrogen-bond acceptors (Lipinski definition) is 4. The van der Waals surface area contributed by atoms with Crippen molar-refractivity contribution in [3.05, 3.63) is 53.9 Å². The molecule has 1 aromatic carbocycles. The standard InChI is InChI=1S/C20H20F2N4O2/c1-12-10-25(11-13(2)28-12)20(27)15-9-23-26-17(18(21)22)8-16(24-19(15)26)14-6-4-3-5-7-14/h3-9,12-13,18H,10-11H2,1-2H3/t12-,13+. The van der Waals surface area contributed by atoms with Gasteiger partial charge in [0.2, 0.25) is 0 Å². The quantitative estimate of drug-likeness (QED) is 0.690. The van der Waals surface area contributed by atoms with Crippen molar-refractivity contribution in [1.29, 1.82) is 0 Å². The summed E-state index contributed by atoms with van der Waals surface area (Å²) < 4.78 is 34.0. The summed E-state index contributed by atoms with van der Waals surface area (Å²) in [6.07, 6.45) is -1.63. The zero-order valence-electron chi connectivity index (χ0n) is 15.5. The van der Waals surface area contributed by atoms with E-state index in [4.69, 9.17) is 4.74 Å². The molecule has 1 saturated heterocycles. The Morgan fingerprint density at radius 1 is 1.18 bits per heavy atom. The van der Waals surface area contributed by atoms with Gasteiger partial charge >= 0.3 is 0 Å². The number of nitrogens with zero attached hydrogens (tertiary/aromatic N) is 4. The summed E-state index contributed by atoms with van der Waals surface area (Å²) in [6, 6.07) is 10.3. The lowest BCUT2D eigenvalue weighted by Crippen LogP contribution is -2.48. The summed E-state index contributed by atoms with van der Waals surface area (Å²) in [5.41, 5.74) is 1.11. The van der Waals surface area contributed by atoms with Crippen LogP contribution in [-0.2, 0) is 4.74 Å². The Morgan fingerprint density at radius 2 is 1.86 bits per heavy atom. The van der Waals surface area contributed by atoms with Gasteiger partial charge in [-0.25, -0.2) is 18.3 Å². The predicted molar refractivity (Wildman–Crippen MR) is 99.3 cm³/mol. The molecule has 8 heteroatoms. The molecule has 1 aliphatic rings. The van der Waals surface area contributed by atoms with Crippen molar-refractivity contribution in [3.63, 3.8) is 0 Å². The van der Waals surface area contributed by atoms with E-state index in [1.165, 1.54) is 12.3 Å². The minimum absolute atomic E-state index is 0.0981. The van der Waals surface area contributed by atoms with Gasteiger partial charge in [0, 0.05) is 18.7 Å². The van der Waals surface area contributed by atoms with Crippen LogP contribution >= 0.6 is 0 Å². The molecule has 0 unspecified atom stereocenters. The normalized spacial score (nSPS) is 20.1. The SMILES string of the molecule is C[C@@H]1CN(C(=O)c2cnn3c(C(F)F)cc(-c4ccccc4)nc23)C[C@H](C)O1. The fraction of sp³-hybridized carbons (Fsp3) is 0.350. The first-order valence-corrected chi connectivity index (χ1v) is 9.11. The lowest BCUT2D eigenvalue weighted by molar-refractivity contribution is -0.0585. The van der Waals surface area contributed by atoms with E-state index in [0.717, 1.165) is 4.52 Å². The van der Waals surface area contributed by atoms with Crippen molar-refractivity contribution in [2.75, 3.05) is 13.1 Å². The van der Waals surface area contributed by atoms with E-state index in [2.05, 4.69) is 10.1 Å². The molecule has 1 amide bonds. The number of amides is 1. The van der Waals surface area contributed by atoms with Crippen molar-refractivity contribution in [2.45, 2.75) is 32.5 Å². The number of ether oxygens (including phenoxy) is 1. The highest BCUT2D eigenvalue weighted by atomic mass is 19.3. The Morgan fingerprint density at radius 3 is 2.50 bits per heavy atom. The Bertz CT molecular complexity index is 996. The topological polar surface area (TPSA) is 59.7 Å². The highest BCUT2D eigenvalue weighted by Crippen LogP contribution is 2.27. The molecular weight excluding hydrogens is 366 g/mol. The molecule has 1 fully saturated rings. The highest BCUT2D eigenvalue weighted by molar-refractivity contribution is 6.00. The third-order valence-corrected chi connectivity index (χ3v) is 4.73. The second kappa shape index (κ2) is 7.27. The summed E-state index contributed by atoms with van der Waals surface area (Å²) >= 11 is 0. The maximum absolute atomic E-state index is 13.7. The van der Waals surface area contributed by atoms with Gasteiger partial charge in [0.15, 0.2) is 5.65 Å². The number of morpholine rings is 1. The number of rotatable bonds is 3. The number of benzene rings is 1. The largest absolute Gasteiger partial charge is 0.372 e. The molecule has 4 rings (SSSR count). The lowest BCUT2D eigenvalue weighted by atomic mass is 10.1. The number of alkyl halides is 2. The third kappa shape index (κ3) is 3.35. The molecule has 3 heterocycles. The molecule has 2 atom stereocenters. The van der Waals surface area contributed by atoms with Crippen LogP contribution in [0.1, 0.15) is 36.3 Å². The molecule has 0 spiro atoms. The van der Waals surface area contributed by atoms with E-state index < -0.39 is 6.43 Å². The second-order valence-electron chi connectivity index (χ2n) is 6.99. The molecule has 0 saturated carbocycles. The number of hydrogen-bond donors (Lipinski definition) is 0. The Labute approximate surface area is 160 Å². The zero-order chi connectivity index (χ0) is 19.8. The molecule has 2 aromatic heterocycles. The van der Waals surface area contributed by atoms with Crippen molar-refractivity contribution in [3.8, 4) is 11.3 Å². The maximum atomic E-state index is 13.7. The van der Waals surface area contributed by atoms with Crippen LogP contribution in [-0.4, -0.2) is 50.7 Å². The van der Waals surface area contributed by atoms with Gasteiger partial charge < -0.3 is 9.64 Å². The van der Waals surface area contributed by atoms with Gasteiger partial charge in [-0.2, -0.15) is 5.10 Å². The Hall–Kier alpha value is -2.87. The molecule has 28 heavy (non-hydrogen) atoms. The average molecular weight is 386 g/mol. The molecule has 1 aliphatic heterocycles. The van der Waals surface area contributed by atoms with E-state index in [1.54, 1.807) is 17.0 Å². The van der Waals surface area contributed by atoms with E-state index in [0.29, 0.717) is 24.3 Å². The average Bonchev–Trinajstić information content (AvgIpc) is 3.10. The van der Waals surface area contributed by atoms with Crippen molar-refractivity contribution in [2.24, 2.45) is 0 Å². The van der Waals surface area contributed by atoms with Crippen LogP contribution < -0.4 is 0 Å². The smallest absolute Gasteiger partial charge is 0.280 e. The van der Waals surface area contributed by atoms with Crippen molar-refractivity contribution < 1.29 is 18.3 Å². The fourth-order valence-electron chi connectivity index (χ4n) is 3.56. The summed E-state index contributed by atoms with van der Waals surface area (Å²) in [7, 11) is 0. The first-order chi connectivity index (χ1) is 13.4. The first kappa shape index (κ1) is 18.5. The number of carbonyl (C=O) groups is 1. The summed E-state index contributed by atoms with van der Waals surface area (Å²) in [4.78, 5) is 19.2. The van der Waals surface area contributed by atoms with E-state index in [9.17, 15) is 13.6 Å². The van der Waals surface area contributed by atoms with Crippen LogP contribution in [0.2, 0.25) is 0 Å². The second-order valence-corrected chi connectivity index (χ2v) is 6.99. The fourth-order valence-corrected chi connectivity index (χ4v) is 3.56. The molecule has 0 bridgehead atoms. The van der Waals surface area contributed by atoms with Gasteiger partial charge in [0.05, 0.1) is 24.1 Å². The van der Waals surface area contributed by atoms with Crippen molar-refractivity contribution >= 4 is 11.6 Å². The number of fused-ring (bicyclic) bond motifs is 1. The van der Waals surface area contributed by atoms with E-state index >= 15 is 0 Å². The van der Waals surface area contributed by atoms with Gasteiger partial charge in [-0.3, -0.25) is 4.79 Å². The third-order valence-electron chi connectivity index (χ3n) is 4.73. The minimum atomic E-state index is -2.75. The monoisotopic (exact) mass is 386 g/mol. The number of carbonyl (C=O) groups excluding carboxylic acids is 1. The molecule has 146 valence electrons. The van der Waals surface area contributed by atoms with Gasteiger partial charge in [-0.05, 0) is 19.9 Å². The summed E-state index contributed by atoms with van der Waals surface area (Å²) in [5.74, 6) is -0.282. The van der Waals surface area contributed by atoms with Crippen LogP contribution in [0, 0.1) is 0 Å². The van der Waals surface area contributed by atoms with Crippen LogP contribution in [0.3, 0.4) is 0 Å². The van der Waals surface area contributed by atoms with Crippen molar-refractivity contribution in [1.82, 2.24) is 19.5 Å². The number of halogens is 2. The molecule has 0 aliphatic carbocycles. The summed E-state index contributed by atoms with van der Waals surface area (Å²) in [6.45, 7) is 4.65. The first-order valence-electron chi connectivity index (χ1n) is 9.11. The minimum Gasteiger partial charge on any atom is -0.372 e. The van der Waals surface area contributed by atoms with E-state index in [1.807, 2.05) is 32.0 Å². The van der Waals surface area contributed by atoms with Crippen LogP contribution in [0.25, 0.3) is 16.9 Å². The molecular formula is C20H20F2N4O2. The Kier molecular flexibility index (Phi) is 4.80. The molecule has 3 aromatic rings. The Balaban J connectivity index is 1.81. The predicted octanol–water partition coefficient (Wildman–Crippen LogP) is 3.58. The number of aromatic nitrogens is 3. The van der Waals surface area contributed by atoms with Crippen LogP contribution in [0.5, 0.6) is 0 Å². The zero-order valence-corrected chi connectivity index (χ0v) is 15.5. The maximum Gasteiger partial charge on any atom is 0.280 e. The van der Waals surface area contributed by atoms with Gasteiger partial charge in [0.25, 0.3) is 12.3 Å². The van der Waals surface area contributed by atoms with Gasteiger partial charge in [-0.15, -0.1) is 0 Å². The molecule has 6 nitrogen and oxygen atoms in total. The van der Waals surface area contributed by atoms with Gasteiger partial charge in [-0.1, -0.05) is 30.3 Å². The molecule has 0 radical (unpaired) electrons. The lowest BCUT2D eigenvalue weighted by Gasteiger charge is -2.35. The summed E-state index contributed by atoms with van der Waals surface area (Å²) in [5, 5.41) is 4.02. The molecule has 0 N–H and O–H groups in total. The van der Waals surface area contributed by atoms with Gasteiger partial charge in [0.1, 0.15) is 11.3 Å². The highest BCUT2D eigenvalue weighted by Gasteiger charge is 2.29.